The second kappa shape index (κ2) is 3.57. The number of para-hydroxylation sites is 2. The highest BCUT2D eigenvalue weighted by Gasteiger charge is 2.72. The van der Waals surface area contributed by atoms with Gasteiger partial charge in [-0.15, -0.1) is 0 Å². The first-order valence-electron chi connectivity index (χ1n) is 7.32. The highest BCUT2D eigenvalue weighted by molar-refractivity contribution is 7.37. The van der Waals surface area contributed by atoms with Gasteiger partial charge in [-0.3, -0.25) is 0 Å². The zero-order valence-corrected chi connectivity index (χ0v) is 12.7. The van der Waals surface area contributed by atoms with Gasteiger partial charge in [-0.25, -0.2) is 0 Å². The number of nitrogens with zero attached hydrogens (tertiary/aromatic N) is 2. The molecule has 0 bridgehead atoms. The van der Waals surface area contributed by atoms with Crippen LogP contribution in [0, 0.1) is 0 Å². The smallest absolute Gasteiger partial charge is 0.362 e. The Balaban J connectivity index is 2.05. The molecule has 0 saturated heterocycles. The fourth-order valence-electron chi connectivity index (χ4n) is 4.57. The molecule has 0 atom stereocenters. The van der Waals surface area contributed by atoms with Crippen molar-refractivity contribution in [3.8, 4) is 0 Å². The molecule has 0 aliphatic carbocycles. The van der Waals surface area contributed by atoms with Crippen molar-refractivity contribution in [2.75, 3.05) is 28.2 Å². The molecule has 2 nitrogen and oxygen atoms in total. The van der Waals surface area contributed by atoms with Gasteiger partial charge in [-0.05, 0) is 12.1 Å². The van der Waals surface area contributed by atoms with Gasteiger partial charge >= 0.3 is 13.5 Å². The second-order valence-electron chi connectivity index (χ2n) is 7.09. The summed E-state index contributed by atoms with van der Waals surface area (Å²) in [4.78, 5) is 0. The summed E-state index contributed by atoms with van der Waals surface area (Å²) in [5, 5.41) is 0. The third-order valence-corrected chi connectivity index (χ3v) is 5.44. The molecule has 98 valence electrons. The Kier molecular flexibility index (Phi) is 2.19. The van der Waals surface area contributed by atoms with Gasteiger partial charge in [-0.1, -0.05) is 36.4 Å². The van der Waals surface area contributed by atoms with Crippen molar-refractivity contribution in [2.24, 2.45) is 0 Å². The van der Waals surface area contributed by atoms with Crippen LogP contribution >= 0.6 is 0 Å². The zero-order valence-electron chi connectivity index (χ0n) is 12.7. The quantitative estimate of drug-likeness (QED) is 0.622. The lowest BCUT2D eigenvalue weighted by molar-refractivity contribution is 0.633. The number of fused-ring (bicyclic) bond motifs is 5. The maximum Gasteiger partial charge on any atom is 0.497 e. The average Bonchev–Trinajstić information content (AvgIpc) is 2.82. The van der Waals surface area contributed by atoms with Gasteiger partial charge in [-0.2, -0.15) is 0 Å². The van der Waals surface area contributed by atoms with Crippen LogP contribution in [0.2, 0.25) is 0 Å². The number of benzene rings is 2. The summed E-state index contributed by atoms with van der Waals surface area (Å²) >= 11 is 0. The van der Waals surface area contributed by atoms with Crippen LogP contribution < -0.4 is 19.7 Å². The molecule has 0 unspecified atom stereocenters. The first-order valence-corrected chi connectivity index (χ1v) is 7.32. The van der Waals surface area contributed by atoms with Gasteiger partial charge in [0.25, 0.3) is 0 Å². The molecule has 2 aliphatic heterocycles. The summed E-state index contributed by atoms with van der Waals surface area (Å²) in [6.45, 7) is 1.05. The van der Waals surface area contributed by atoms with E-state index < -0.39 is 0 Å². The first-order chi connectivity index (χ1) is 9.45. The monoisotopic (exact) mass is 262 g/mol. The molecule has 0 aromatic heterocycles. The van der Waals surface area contributed by atoms with Crippen LogP contribution in [0.3, 0.4) is 0 Å². The Morgan fingerprint density at radius 2 is 0.950 bits per heavy atom. The van der Waals surface area contributed by atoms with Crippen molar-refractivity contribution < 1.29 is 0 Å². The molecule has 0 spiro atoms. The number of rotatable bonds is 0. The van der Waals surface area contributed by atoms with Crippen LogP contribution in [0.4, 0.5) is 11.4 Å². The molecule has 20 heavy (non-hydrogen) atoms. The minimum absolute atomic E-state index is 0.526. The molecule has 0 N–H and O–H groups in total. The van der Waals surface area contributed by atoms with Crippen LogP contribution in [0.15, 0.2) is 48.5 Å². The van der Waals surface area contributed by atoms with Crippen molar-refractivity contribution in [1.82, 2.24) is 8.79 Å². The number of hydrogen-bond donors (Lipinski definition) is 0. The highest BCUT2D eigenvalue weighted by Crippen LogP contribution is 2.37. The first kappa shape index (κ1) is 12.2. The molecule has 0 fully saturated rings. The third kappa shape index (κ3) is 1.24. The largest absolute Gasteiger partial charge is 0.497 e. The van der Waals surface area contributed by atoms with Crippen molar-refractivity contribution in [3.63, 3.8) is 0 Å². The molecule has 2 aliphatic rings. The minimum atomic E-state index is 0.526. The molecule has 0 radical (unpaired) electrons. The normalized spacial score (nSPS) is 20.6. The summed E-state index contributed by atoms with van der Waals surface area (Å²) in [5.41, 5.74) is 5.99. The third-order valence-electron chi connectivity index (χ3n) is 5.44. The second-order valence-corrected chi connectivity index (χ2v) is 7.09. The number of hydrogen-bond acceptors (Lipinski definition) is 0. The predicted octanol–water partition coefficient (Wildman–Crippen LogP) is 1.02. The van der Waals surface area contributed by atoms with E-state index in [2.05, 4.69) is 76.7 Å². The van der Waals surface area contributed by atoms with E-state index >= 15 is 0 Å². The van der Waals surface area contributed by atoms with E-state index in [0.717, 1.165) is 8.79 Å². The lowest BCUT2D eigenvalue weighted by atomic mass is 9.18. The van der Waals surface area contributed by atoms with E-state index in [9.17, 15) is 0 Å². The van der Waals surface area contributed by atoms with Gasteiger partial charge in [0, 0.05) is 10.9 Å². The summed E-state index contributed by atoms with van der Waals surface area (Å²) in [7, 11) is 9.41. The minimum Gasteiger partial charge on any atom is -0.362 e. The summed E-state index contributed by atoms with van der Waals surface area (Å²) in [5.74, 6) is 0. The Morgan fingerprint density at radius 1 is 0.600 bits per heavy atom. The van der Waals surface area contributed by atoms with Crippen molar-refractivity contribution in [1.29, 1.82) is 0 Å². The predicted molar refractivity (Wildman–Crippen MR) is 90.9 cm³/mol. The Hall–Kier alpha value is -1.51. The zero-order chi connectivity index (χ0) is 14.1. The lowest BCUT2D eigenvalue weighted by Gasteiger charge is -2.29. The fourth-order valence-corrected chi connectivity index (χ4v) is 4.57. The van der Waals surface area contributed by atoms with Gasteiger partial charge < -0.3 is 8.79 Å². The van der Waals surface area contributed by atoms with Crippen LogP contribution in [-0.2, 0) is 0 Å². The highest BCUT2D eigenvalue weighted by atomic mass is 15.3. The van der Waals surface area contributed by atoms with E-state index in [4.69, 9.17) is 0 Å². The van der Waals surface area contributed by atoms with Crippen LogP contribution in [-0.4, -0.2) is 41.7 Å². The van der Waals surface area contributed by atoms with E-state index in [0.29, 0.717) is 13.5 Å². The van der Waals surface area contributed by atoms with Crippen molar-refractivity contribution in [2.45, 2.75) is 0 Å². The van der Waals surface area contributed by atoms with Crippen molar-refractivity contribution in [3.05, 3.63) is 48.5 Å². The van der Waals surface area contributed by atoms with Crippen molar-refractivity contribution >= 4 is 35.8 Å². The average molecular weight is 262 g/mol. The standard InChI is InChI=1S/C16H20B2N2/c1-19(2)15-11-7-5-9-13(15)18-17(19)14-10-6-8-12-16(14)20(18,3)4/h5-12H,1-4H3/q+2. The molecule has 2 aromatic rings. The van der Waals surface area contributed by atoms with Crippen LogP contribution in [0.5, 0.6) is 0 Å². The molecule has 4 rings (SSSR count). The Labute approximate surface area is 122 Å². The Morgan fingerprint density at radius 3 is 1.35 bits per heavy atom. The maximum absolute atomic E-state index is 2.35. The van der Waals surface area contributed by atoms with Crippen LogP contribution in [0.25, 0.3) is 0 Å². The number of quaternary nitrogens is 2. The molecule has 4 heteroatoms. The molecular weight excluding hydrogens is 242 g/mol. The molecule has 2 heterocycles. The lowest BCUT2D eigenvalue weighted by Crippen LogP contribution is -2.68. The van der Waals surface area contributed by atoms with Gasteiger partial charge in [0.2, 0.25) is 0 Å². The maximum atomic E-state index is 2.35. The van der Waals surface area contributed by atoms with E-state index in [1.807, 2.05) is 0 Å². The topological polar surface area (TPSA) is 0 Å². The van der Waals surface area contributed by atoms with Gasteiger partial charge in [0.05, 0.1) is 28.2 Å². The molecule has 0 amide bonds. The summed E-state index contributed by atoms with van der Waals surface area (Å²) in [6, 6.07) is 18.0. The SMILES string of the molecule is C[N+]1(C)B2B(c3ccccc31)[N+](C)(C)c1ccccc12. The summed E-state index contributed by atoms with van der Waals surface area (Å²) < 4.78 is 1.92. The van der Waals surface area contributed by atoms with Gasteiger partial charge in [0.15, 0.2) is 0 Å². The summed E-state index contributed by atoms with van der Waals surface area (Å²) in [6.07, 6.45) is 0. The van der Waals surface area contributed by atoms with Gasteiger partial charge in [0.1, 0.15) is 11.4 Å². The molecular formula is C16H20B2N2+2. The van der Waals surface area contributed by atoms with E-state index in [-0.39, 0.29) is 0 Å². The molecule has 2 aromatic carbocycles. The van der Waals surface area contributed by atoms with E-state index in [1.165, 1.54) is 22.3 Å². The Bertz CT molecular complexity index is 648. The van der Waals surface area contributed by atoms with Crippen LogP contribution in [0.1, 0.15) is 0 Å². The van der Waals surface area contributed by atoms with E-state index in [1.54, 1.807) is 0 Å². The fraction of sp³-hybridized carbons (Fsp3) is 0.250. The molecule has 0 saturated carbocycles.